The molecule has 2 aromatic carbocycles. The molecule has 3 aromatic rings. The third-order valence-corrected chi connectivity index (χ3v) is 5.34. The summed E-state index contributed by atoms with van der Waals surface area (Å²) in [7, 11) is 0. The predicted molar refractivity (Wildman–Crippen MR) is 128 cm³/mol. The maximum absolute atomic E-state index is 13.0. The number of aromatic carboxylic acids is 1. The van der Waals surface area contributed by atoms with Crippen molar-refractivity contribution in [2.24, 2.45) is 10.3 Å². The Morgan fingerprint density at radius 2 is 1.74 bits per heavy atom. The number of amides is 1. The predicted octanol–water partition coefficient (Wildman–Crippen LogP) is 4.02. The van der Waals surface area contributed by atoms with Crippen molar-refractivity contribution in [2.45, 2.75) is 40.0 Å². The van der Waals surface area contributed by atoms with E-state index in [2.05, 4.69) is 41.6 Å². The fourth-order valence-corrected chi connectivity index (χ4v) is 3.45. The van der Waals surface area contributed by atoms with Crippen molar-refractivity contribution in [3.8, 4) is 5.69 Å². The molecule has 34 heavy (non-hydrogen) atoms. The molecular weight excluding hydrogens is 438 g/mol. The lowest BCUT2D eigenvalue weighted by molar-refractivity contribution is 0.0697. The van der Waals surface area contributed by atoms with E-state index < -0.39 is 11.9 Å². The fraction of sp³-hybridized carbons (Fsp3) is 0.250. The van der Waals surface area contributed by atoms with Crippen LogP contribution in [-0.2, 0) is 5.41 Å². The summed E-state index contributed by atoms with van der Waals surface area (Å²) >= 11 is 0. The van der Waals surface area contributed by atoms with E-state index in [0.717, 1.165) is 17.7 Å². The molecule has 0 spiro atoms. The number of aryl methyl sites for hydroxylation is 1. The molecule has 0 aliphatic rings. The summed E-state index contributed by atoms with van der Waals surface area (Å²) < 4.78 is 1.41. The van der Waals surface area contributed by atoms with E-state index in [0.29, 0.717) is 16.9 Å². The largest absolute Gasteiger partial charge is 0.478 e. The van der Waals surface area contributed by atoms with Gasteiger partial charge in [-0.25, -0.2) is 14.9 Å². The standard InChI is InChI=1S/C24H25N5O5/c1-13(25-26-21(30)15-6-11-18(23(32)33)19(12-15)28-34)20-14(2)27-29(22(20)31)17-9-7-16(8-10-17)24(3,4)5/h6-12,27H,1-5H3,(H,26,30)(H,32,33). The second kappa shape index (κ2) is 9.26. The molecule has 1 heterocycles. The van der Waals surface area contributed by atoms with Crippen LogP contribution < -0.4 is 11.0 Å². The first-order valence-electron chi connectivity index (χ1n) is 10.4. The molecule has 0 bridgehead atoms. The number of rotatable bonds is 6. The molecule has 0 unspecified atom stereocenters. The van der Waals surface area contributed by atoms with Crippen LogP contribution in [0, 0.1) is 11.8 Å². The number of carboxylic acids is 1. The highest BCUT2D eigenvalue weighted by Crippen LogP contribution is 2.23. The molecule has 0 aliphatic heterocycles. The zero-order valence-electron chi connectivity index (χ0n) is 19.5. The highest BCUT2D eigenvalue weighted by atomic mass is 16.4. The van der Waals surface area contributed by atoms with Crippen LogP contribution in [0.1, 0.15) is 65.2 Å². The highest BCUT2D eigenvalue weighted by molar-refractivity contribution is 6.02. The summed E-state index contributed by atoms with van der Waals surface area (Å²) in [4.78, 5) is 47.5. The monoisotopic (exact) mass is 463 g/mol. The molecule has 0 saturated heterocycles. The van der Waals surface area contributed by atoms with E-state index in [4.69, 9.17) is 5.11 Å². The summed E-state index contributed by atoms with van der Waals surface area (Å²) in [6.07, 6.45) is 0. The number of hydrazone groups is 1. The maximum atomic E-state index is 13.0. The molecule has 176 valence electrons. The number of carbonyl (C=O) groups is 2. The van der Waals surface area contributed by atoms with Gasteiger partial charge < -0.3 is 5.11 Å². The number of hydrogen-bond acceptors (Lipinski definition) is 6. The molecule has 0 radical (unpaired) electrons. The Morgan fingerprint density at radius 1 is 1.09 bits per heavy atom. The third kappa shape index (κ3) is 4.85. The van der Waals surface area contributed by atoms with Gasteiger partial charge in [0, 0.05) is 11.3 Å². The van der Waals surface area contributed by atoms with Gasteiger partial charge in [-0.2, -0.15) is 5.10 Å². The van der Waals surface area contributed by atoms with Gasteiger partial charge in [0.1, 0.15) is 5.69 Å². The number of nitrogens with one attached hydrogen (secondary N) is 2. The minimum atomic E-state index is -1.33. The van der Waals surface area contributed by atoms with Crippen molar-refractivity contribution in [3.05, 3.63) is 85.7 Å². The maximum Gasteiger partial charge on any atom is 0.338 e. The van der Waals surface area contributed by atoms with E-state index in [1.807, 2.05) is 24.3 Å². The molecule has 1 amide bonds. The normalized spacial score (nSPS) is 11.9. The number of nitroso groups, excluding NO2 is 1. The zero-order valence-corrected chi connectivity index (χ0v) is 19.5. The van der Waals surface area contributed by atoms with E-state index >= 15 is 0 Å². The third-order valence-electron chi connectivity index (χ3n) is 5.34. The van der Waals surface area contributed by atoms with Gasteiger partial charge in [-0.05, 0) is 60.3 Å². The number of aromatic nitrogens is 2. The highest BCUT2D eigenvalue weighted by Gasteiger charge is 2.18. The van der Waals surface area contributed by atoms with Crippen molar-refractivity contribution in [1.82, 2.24) is 15.2 Å². The van der Waals surface area contributed by atoms with Crippen LogP contribution in [0.4, 0.5) is 5.69 Å². The molecule has 3 rings (SSSR count). The Hall–Kier alpha value is -4.34. The van der Waals surface area contributed by atoms with Crippen molar-refractivity contribution >= 4 is 23.3 Å². The first-order valence-corrected chi connectivity index (χ1v) is 10.4. The van der Waals surface area contributed by atoms with E-state index in [-0.39, 0.29) is 33.5 Å². The minimum Gasteiger partial charge on any atom is -0.478 e. The lowest BCUT2D eigenvalue weighted by Crippen LogP contribution is -2.23. The van der Waals surface area contributed by atoms with Crippen LogP contribution in [0.3, 0.4) is 0 Å². The fourth-order valence-electron chi connectivity index (χ4n) is 3.45. The number of H-pyrrole nitrogens is 1. The van der Waals surface area contributed by atoms with Crippen LogP contribution in [0.2, 0.25) is 0 Å². The molecule has 1 aromatic heterocycles. The van der Waals surface area contributed by atoms with Crippen LogP contribution in [0.15, 0.2) is 57.5 Å². The van der Waals surface area contributed by atoms with Crippen LogP contribution >= 0.6 is 0 Å². The molecule has 10 nitrogen and oxygen atoms in total. The number of carboxylic acid groups (broad SMARTS) is 1. The quantitative estimate of drug-likeness (QED) is 0.287. The number of hydrogen-bond donors (Lipinski definition) is 3. The van der Waals surface area contributed by atoms with Crippen LogP contribution in [0.25, 0.3) is 5.69 Å². The molecule has 0 aliphatic carbocycles. The Balaban J connectivity index is 1.86. The molecule has 3 N–H and O–H groups in total. The van der Waals surface area contributed by atoms with E-state index in [1.54, 1.807) is 13.8 Å². The minimum absolute atomic E-state index is 0.00158. The average molecular weight is 463 g/mol. The number of carbonyl (C=O) groups excluding carboxylic acids is 1. The summed E-state index contributed by atoms with van der Waals surface area (Å²) in [5.74, 6) is -2.02. The molecule has 10 heteroatoms. The number of nitrogens with zero attached hydrogens (tertiary/aromatic N) is 3. The Kier molecular flexibility index (Phi) is 6.62. The van der Waals surface area contributed by atoms with Gasteiger partial charge in [0.2, 0.25) is 0 Å². The summed E-state index contributed by atoms with van der Waals surface area (Å²) in [6.45, 7) is 9.63. The summed E-state index contributed by atoms with van der Waals surface area (Å²) in [5, 5.41) is 18.8. The molecule has 0 saturated carbocycles. The van der Waals surface area contributed by atoms with Crippen molar-refractivity contribution in [2.75, 3.05) is 0 Å². The Morgan fingerprint density at radius 3 is 2.29 bits per heavy atom. The van der Waals surface area contributed by atoms with Gasteiger partial charge in [0.15, 0.2) is 0 Å². The van der Waals surface area contributed by atoms with Gasteiger partial charge in [-0.15, -0.1) is 4.91 Å². The molecular formula is C24H25N5O5. The van der Waals surface area contributed by atoms with Crippen molar-refractivity contribution < 1.29 is 14.7 Å². The smallest absolute Gasteiger partial charge is 0.338 e. The Bertz CT molecular complexity index is 1360. The number of benzene rings is 2. The van der Waals surface area contributed by atoms with Gasteiger partial charge >= 0.3 is 5.97 Å². The van der Waals surface area contributed by atoms with E-state index in [1.165, 1.54) is 10.7 Å². The van der Waals surface area contributed by atoms with Crippen molar-refractivity contribution in [1.29, 1.82) is 0 Å². The number of aromatic amines is 1. The second-order valence-electron chi connectivity index (χ2n) is 8.82. The van der Waals surface area contributed by atoms with Gasteiger partial charge in [0.05, 0.1) is 22.5 Å². The van der Waals surface area contributed by atoms with Gasteiger partial charge in [-0.1, -0.05) is 32.9 Å². The molecule has 0 fully saturated rings. The van der Waals surface area contributed by atoms with Gasteiger partial charge in [-0.3, -0.25) is 14.7 Å². The van der Waals surface area contributed by atoms with Gasteiger partial charge in [0.25, 0.3) is 11.5 Å². The second-order valence-corrected chi connectivity index (χ2v) is 8.82. The average Bonchev–Trinajstić information content (AvgIpc) is 3.09. The Labute approximate surface area is 195 Å². The van der Waals surface area contributed by atoms with Crippen molar-refractivity contribution in [3.63, 3.8) is 0 Å². The zero-order chi connectivity index (χ0) is 25.2. The first kappa shape index (κ1) is 24.3. The first-order chi connectivity index (χ1) is 15.9. The van der Waals surface area contributed by atoms with Crippen LogP contribution in [0.5, 0.6) is 0 Å². The van der Waals surface area contributed by atoms with E-state index in [9.17, 15) is 19.3 Å². The summed E-state index contributed by atoms with van der Waals surface area (Å²) in [5.41, 5.74) is 4.23. The lowest BCUT2D eigenvalue weighted by Gasteiger charge is -2.19. The SMILES string of the molecule is CC(=NNC(=O)c1ccc(C(=O)O)c(N=O)c1)c1c(C)[nH]n(-c2ccc(C(C)(C)C)cc2)c1=O. The van der Waals surface area contributed by atoms with Crippen LogP contribution in [-0.4, -0.2) is 32.5 Å². The molecule has 0 atom stereocenters. The topological polar surface area (TPSA) is 146 Å². The lowest BCUT2D eigenvalue weighted by atomic mass is 9.87. The summed E-state index contributed by atoms with van der Waals surface area (Å²) in [6, 6.07) is 11.1.